The molecule has 1 saturated heterocycles. The van der Waals surface area contributed by atoms with E-state index in [2.05, 4.69) is 4.98 Å². The van der Waals surface area contributed by atoms with Gasteiger partial charge in [0.05, 0.1) is 24.5 Å². The lowest BCUT2D eigenvalue weighted by molar-refractivity contribution is -0.908. The minimum atomic E-state index is -0.333. The van der Waals surface area contributed by atoms with E-state index in [0.717, 1.165) is 50.4 Å². The number of thiazole rings is 1. The first-order chi connectivity index (χ1) is 12.2. The van der Waals surface area contributed by atoms with E-state index in [1.807, 2.05) is 13.0 Å². The number of hydrogen-bond acceptors (Lipinski definition) is 4. The molecule has 1 amide bonds. The number of ether oxygens (including phenoxy) is 1. The van der Waals surface area contributed by atoms with Gasteiger partial charge in [-0.3, -0.25) is 9.69 Å². The molecule has 0 aliphatic carbocycles. The van der Waals surface area contributed by atoms with Crippen molar-refractivity contribution >= 4 is 32.6 Å². The van der Waals surface area contributed by atoms with E-state index in [1.54, 1.807) is 11.0 Å². The number of fused-ring (bicyclic) bond motifs is 1. The third-order valence-corrected chi connectivity index (χ3v) is 5.51. The van der Waals surface area contributed by atoms with Crippen LogP contribution in [-0.4, -0.2) is 50.3 Å². The number of halogens is 1. The molecule has 1 aromatic heterocycles. The van der Waals surface area contributed by atoms with E-state index in [4.69, 9.17) is 4.74 Å². The molecule has 7 heteroatoms. The first-order valence-electron chi connectivity index (χ1n) is 8.95. The molecule has 1 N–H and O–H groups in total. The number of nitrogens with one attached hydrogen (secondary N) is 1. The summed E-state index contributed by atoms with van der Waals surface area (Å²) in [5, 5.41) is 0.607. The van der Waals surface area contributed by atoms with Gasteiger partial charge in [0, 0.05) is 19.4 Å². The minimum Gasteiger partial charge on any atom is -0.370 e. The number of anilines is 1. The number of quaternary nitrogens is 1. The lowest BCUT2D eigenvalue weighted by Crippen LogP contribution is -3.14. The minimum absolute atomic E-state index is 0.0685. The normalized spacial score (nSPS) is 15.6. The van der Waals surface area contributed by atoms with Gasteiger partial charge in [-0.1, -0.05) is 24.3 Å². The second-order valence-corrected chi connectivity index (χ2v) is 7.35. The van der Waals surface area contributed by atoms with Crippen LogP contribution in [0, 0.1) is 5.82 Å². The molecule has 1 aromatic carbocycles. The highest BCUT2D eigenvalue weighted by Crippen LogP contribution is 2.30. The second-order valence-electron chi connectivity index (χ2n) is 6.34. The van der Waals surface area contributed by atoms with Gasteiger partial charge in [-0.15, -0.1) is 0 Å². The monoisotopic (exact) mass is 366 g/mol. The molecule has 25 heavy (non-hydrogen) atoms. The molecule has 0 spiro atoms. The van der Waals surface area contributed by atoms with Gasteiger partial charge in [-0.2, -0.15) is 0 Å². The third-order valence-electron chi connectivity index (χ3n) is 4.47. The van der Waals surface area contributed by atoms with Crippen molar-refractivity contribution in [3.8, 4) is 0 Å². The zero-order chi connectivity index (χ0) is 17.6. The first kappa shape index (κ1) is 18.2. The van der Waals surface area contributed by atoms with Crippen molar-refractivity contribution in [2.45, 2.75) is 26.2 Å². The summed E-state index contributed by atoms with van der Waals surface area (Å²) in [5.74, 6) is -0.264. The van der Waals surface area contributed by atoms with E-state index in [0.29, 0.717) is 23.6 Å². The van der Waals surface area contributed by atoms with Gasteiger partial charge < -0.3 is 9.64 Å². The molecule has 0 unspecified atom stereocenters. The van der Waals surface area contributed by atoms with E-state index in [-0.39, 0.29) is 11.7 Å². The van der Waals surface area contributed by atoms with E-state index in [1.165, 1.54) is 22.3 Å². The summed E-state index contributed by atoms with van der Waals surface area (Å²) < 4.78 is 20.1. The van der Waals surface area contributed by atoms with Crippen LogP contribution in [0.1, 0.15) is 26.2 Å². The molecule has 0 bridgehead atoms. The number of aromatic nitrogens is 1. The summed E-state index contributed by atoms with van der Waals surface area (Å²) in [6.45, 7) is 7.30. The smallest absolute Gasteiger partial charge is 0.228 e. The number of para-hydroxylation sites is 1. The molecule has 0 atom stereocenters. The van der Waals surface area contributed by atoms with Crippen molar-refractivity contribution in [3.63, 3.8) is 0 Å². The molecule has 0 saturated carbocycles. The molecular formula is C18H25FN3O2S+. The Morgan fingerprint density at radius 1 is 1.40 bits per heavy atom. The number of nitrogens with zero attached hydrogens (tertiary/aromatic N) is 2. The standard InChI is InChI=1S/C18H24FN3O2S/c1-2-5-16(23)22(9-4-8-21-10-12-24-13-11-21)18-20-17-14(19)6-3-7-15(17)25-18/h3,6-7H,2,4-5,8-13H2,1H3/p+1. The summed E-state index contributed by atoms with van der Waals surface area (Å²) in [6.07, 6.45) is 2.19. The molecular weight excluding hydrogens is 341 g/mol. The summed E-state index contributed by atoms with van der Waals surface area (Å²) in [4.78, 5) is 20.2. The van der Waals surface area contributed by atoms with Gasteiger partial charge in [-0.25, -0.2) is 9.37 Å². The topological polar surface area (TPSA) is 46.9 Å². The fourth-order valence-electron chi connectivity index (χ4n) is 3.09. The Labute approximate surface area is 151 Å². The van der Waals surface area contributed by atoms with E-state index >= 15 is 0 Å². The molecule has 2 aromatic rings. The average Bonchev–Trinajstić information content (AvgIpc) is 3.05. The Morgan fingerprint density at radius 3 is 2.92 bits per heavy atom. The van der Waals surface area contributed by atoms with Crippen LogP contribution in [0.15, 0.2) is 18.2 Å². The Kier molecular flexibility index (Phi) is 6.34. The molecule has 1 fully saturated rings. The van der Waals surface area contributed by atoms with Crippen molar-refractivity contribution in [3.05, 3.63) is 24.0 Å². The molecule has 0 radical (unpaired) electrons. The van der Waals surface area contributed by atoms with Crippen molar-refractivity contribution in [2.24, 2.45) is 0 Å². The van der Waals surface area contributed by atoms with Gasteiger partial charge in [0.2, 0.25) is 5.91 Å². The highest BCUT2D eigenvalue weighted by atomic mass is 32.1. The number of carbonyl (C=O) groups is 1. The Balaban J connectivity index is 1.71. The summed E-state index contributed by atoms with van der Waals surface area (Å²) in [7, 11) is 0. The van der Waals surface area contributed by atoms with Crippen molar-refractivity contribution in [1.29, 1.82) is 0 Å². The third kappa shape index (κ3) is 4.54. The quantitative estimate of drug-likeness (QED) is 0.814. The maximum atomic E-state index is 13.9. The molecule has 3 rings (SSSR count). The van der Waals surface area contributed by atoms with E-state index in [9.17, 15) is 9.18 Å². The zero-order valence-electron chi connectivity index (χ0n) is 14.6. The maximum Gasteiger partial charge on any atom is 0.228 e. The van der Waals surface area contributed by atoms with Gasteiger partial charge in [0.15, 0.2) is 5.13 Å². The predicted molar refractivity (Wildman–Crippen MR) is 97.8 cm³/mol. The van der Waals surface area contributed by atoms with Gasteiger partial charge >= 0.3 is 0 Å². The Hall–Kier alpha value is -1.57. The van der Waals surface area contributed by atoms with Crippen LogP contribution in [0.4, 0.5) is 9.52 Å². The Morgan fingerprint density at radius 2 is 2.20 bits per heavy atom. The van der Waals surface area contributed by atoms with Crippen LogP contribution >= 0.6 is 11.3 Å². The SMILES string of the molecule is CCCC(=O)N(CCC[NH+]1CCOCC1)c1nc2c(F)cccc2s1. The molecule has 1 aliphatic rings. The first-order valence-corrected chi connectivity index (χ1v) is 9.77. The fraction of sp³-hybridized carbons (Fsp3) is 0.556. The summed E-state index contributed by atoms with van der Waals surface area (Å²) in [6, 6.07) is 4.94. The number of benzene rings is 1. The predicted octanol–water partition coefficient (Wildman–Crippen LogP) is 1.87. The molecule has 5 nitrogen and oxygen atoms in total. The fourth-order valence-corrected chi connectivity index (χ4v) is 4.12. The highest BCUT2D eigenvalue weighted by Gasteiger charge is 2.21. The largest absolute Gasteiger partial charge is 0.370 e. The summed E-state index contributed by atoms with van der Waals surface area (Å²) >= 11 is 1.39. The van der Waals surface area contributed by atoms with Gasteiger partial charge in [0.25, 0.3) is 0 Å². The lowest BCUT2D eigenvalue weighted by atomic mass is 10.2. The van der Waals surface area contributed by atoms with Crippen molar-refractivity contribution in [2.75, 3.05) is 44.3 Å². The average molecular weight is 366 g/mol. The Bertz CT molecular complexity index is 715. The van der Waals surface area contributed by atoms with Crippen LogP contribution in [0.2, 0.25) is 0 Å². The zero-order valence-corrected chi connectivity index (χ0v) is 15.4. The number of morpholine rings is 1. The highest BCUT2D eigenvalue weighted by molar-refractivity contribution is 7.22. The summed E-state index contributed by atoms with van der Waals surface area (Å²) in [5.41, 5.74) is 0.357. The van der Waals surface area contributed by atoms with Crippen LogP contribution in [0.3, 0.4) is 0 Å². The van der Waals surface area contributed by atoms with Gasteiger partial charge in [-0.05, 0) is 18.6 Å². The van der Waals surface area contributed by atoms with Crippen LogP contribution in [-0.2, 0) is 9.53 Å². The number of rotatable bonds is 7. The number of hydrogen-bond donors (Lipinski definition) is 1. The molecule has 2 heterocycles. The van der Waals surface area contributed by atoms with Crippen molar-refractivity contribution < 1.29 is 18.8 Å². The molecule has 1 aliphatic heterocycles. The van der Waals surface area contributed by atoms with Crippen molar-refractivity contribution in [1.82, 2.24) is 4.98 Å². The van der Waals surface area contributed by atoms with Crippen LogP contribution < -0.4 is 9.80 Å². The maximum absolute atomic E-state index is 13.9. The number of carbonyl (C=O) groups excluding carboxylic acids is 1. The van der Waals surface area contributed by atoms with E-state index < -0.39 is 0 Å². The number of amides is 1. The van der Waals surface area contributed by atoms with Gasteiger partial charge in [0.1, 0.15) is 24.4 Å². The van der Waals surface area contributed by atoms with Crippen LogP contribution in [0.25, 0.3) is 10.2 Å². The lowest BCUT2D eigenvalue weighted by Gasteiger charge is -2.25. The van der Waals surface area contributed by atoms with Crippen LogP contribution in [0.5, 0.6) is 0 Å². The second kappa shape index (κ2) is 8.69. The molecule has 136 valence electrons.